The van der Waals surface area contributed by atoms with Gasteiger partial charge < -0.3 is 15.6 Å². The summed E-state index contributed by atoms with van der Waals surface area (Å²) < 4.78 is 6.41. The zero-order valence-electron chi connectivity index (χ0n) is 14.1. The Kier molecular flexibility index (Phi) is 5.61. The average molecular weight is 333 g/mol. The van der Waals surface area contributed by atoms with Gasteiger partial charge in [0.05, 0.1) is 12.7 Å². The number of rotatable bonds is 7. The topological polar surface area (TPSA) is 55.5 Å². The first kappa shape index (κ1) is 17.4. The lowest BCUT2D eigenvalue weighted by atomic mass is 9.80. The summed E-state index contributed by atoms with van der Waals surface area (Å²) in [7, 11) is 0. The fraction of sp³-hybridized carbons (Fsp3) is 0.182. The van der Waals surface area contributed by atoms with Crippen LogP contribution in [0.2, 0.25) is 0 Å². The quantitative estimate of drug-likeness (QED) is 0.652. The molecule has 0 saturated heterocycles. The molecule has 3 N–H and O–H groups in total. The lowest BCUT2D eigenvalue weighted by Crippen LogP contribution is -2.37. The molecule has 0 aliphatic rings. The van der Waals surface area contributed by atoms with Gasteiger partial charge >= 0.3 is 0 Å². The molecule has 1 atom stereocenters. The highest BCUT2D eigenvalue weighted by Gasteiger charge is 2.37. The van der Waals surface area contributed by atoms with Crippen molar-refractivity contribution in [1.29, 1.82) is 0 Å². The number of ether oxygens (including phenoxy) is 1. The van der Waals surface area contributed by atoms with Crippen LogP contribution < -0.4 is 5.73 Å². The normalized spacial score (nSPS) is 12.7. The van der Waals surface area contributed by atoms with Crippen LogP contribution in [0.3, 0.4) is 0 Å². The van der Waals surface area contributed by atoms with E-state index in [2.05, 4.69) is 36.4 Å². The summed E-state index contributed by atoms with van der Waals surface area (Å²) in [6, 6.07) is 30.2. The summed E-state index contributed by atoms with van der Waals surface area (Å²) in [5.41, 5.74) is 7.81. The van der Waals surface area contributed by atoms with Crippen LogP contribution in [0.5, 0.6) is 0 Å². The standard InChI is InChI=1S/C22H23NO2/c23-16-21(24)17-25-22(18-10-4-1-5-11-18,19-12-6-2-7-13-19)20-14-8-3-9-15-20/h1-15,21,24H,16-17,23H2/t21-/m1/s1. The Morgan fingerprint density at radius 2 is 1.08 bits per heavy atom. The van der Waals surface area contributed by atoms with Crippen molar-refractivity contribution in [3.05, 3.63) is 108 Å². The first-order chi connectivity index (χ1) is 12.3. The SMILES string of the molecule is NC[C@@H](O)COC(c1ccccc1)(c1ccccc1)c1ccccc1. The average Bonchev–Trinajstić information content (AvgIpc) is 2.71. The minimum absolute atomic E-state index is 0.148. The molecule has 0 heterocycles. The van der Waals surface area contributed by atoms with Crippen molar-refractivity contribution in [2.75, 3.05) is 13.2 Å². The van der Waals surface area contributed by atoms with Crippen molar-refractivity contribution in [1.82, 2.24) is 0 Å². The molecule has 3 aromatic carbocycles. The molecule has 0 bridgehead atoms. The lowest BCUT2D eigenvalue weighted by molar-refractivity contribution is -0.0350. The van der Waals surface area contributed by atoms with Crippen LogP contribution in [0.25, 0.3) is 0 Å². The van der Waals surface area contributed by atoms with E-state index in [1.54, 1.807) is 0 Å². The Labute approximate surface area is 148 Å². The van der Waals surface area contributed by atoms with Crippen LogP contribution in [0, 0.1) is 0 Å². The van der Waals surface area contributed by atoms with E-state index in [0.29, 0.717) is 0 Å². The summed E-state index contributed by atoms with van der Waals surface area (Å²) in [6.45, 7) is 0.309. The van der Waals surface area contributed by atoms with Crippen LogP contribution in [-0.2, 0) is 10.3 Å². The molecule has 0 saturated carbocycles. The van der Waals surface area contributed by atoms with Crippen molar-refractivity contribution in [2.24, 2.45) is 5.73 Å². The predicted molar refractivity (Wildman–Crippen MR) is 100 cm³/mol. The third-order valence-electron chi connectivity index (χ3n) is 4.31. The van der Waals surface area contributed by atoms with E-state index in [-0.39, 0.29) is 13.2 Å². The first-order valence-corrected chi connectivity index (χ1v) is 8.46. The first-order valence-electron chi connectivity index (χ1n) is 8.46. The molecule has 3 heteroatoms. The smallest absolute Gasteiger partial charge is 0.143 e. The molecule has 3 aromatic rings. The predicted octanol–water partition coefficient (Wildman–Crippen LogP) is 3.31. The Morgan fingerprint density at radius 3 is 1.40 bits per heavy atom. The van der Waals surface area contributed by atoms with Gasteiger partial charge in [0.15, 0.2) is 0 Å². The molecule has 0 aliphatic heterocycles. The van der Waals surface area contributed by atoms with Crippen LogP contribution >= 0.6 is 0 Å². The van der Waals surface area contributed by atoms with Gasteiger partial charge in [0.25, 0.3) is 0 Å². The molecule has 0 aromatic heterocycles. The highest BCUT2D eigenvalue weighted by atomic mass is 16.5. The molecule has 25 heavy (non-hydrogen) atoms. The zero-order chi connectivity index (χ0) is 17.5. The van der Waals surface area contributed by atoms with E-state index >= 15 is 0 Å². The van der Waals surface area contributed by atoms with E-state index in [1.165, 1.54) is 0 Å². The molecule has 0 amide bonds. The lowest BCUT2D eigenvalue weighted by Gasteiger charge is -2.36. The van der Waals surface area contributed by atoms with E-state index in [4.69, 9.17) is 10.5 Å². The Balaban J connectivity index is 2.20. The third-order valence-corrected chi connectivity index (χ3v) is 4.31. The molecule has 3 nitrogen and oxygen atoms in total. The molecule has 0 unspecified atom stereocenters. The highest BCUT2D eigenvalue weighted by molar-refractivity contribution is 5.47. The summed E-state index contributed by atoms with van der Waals surface area (Å²) in [5.74, 6) is 0. The van der Waals surface area contributed by atoms with Gasteiger partial charge in [-0.3, -0.25) is 0 Å². The number of aliphatic hydroxyl groups is 1. The van der Waals surface area contributed by atoms with Gasteiger partial charge in [0.2, 0.25) is 0 Å². The van der Waals surface area contributed by atoms with Gasteiger partial charge in [-0.05, 0) is 16.7 Å². The molecule has 0 spiro atoms. The van der Waals surface area contributed by atoms with Crippen LogP contribution in [0.15, 0.2) is 91.0 Å². The van der Waals surface area contributed by atoms with Crippen molar-refractivity contribution in [3.63, 3.8) is 0 Å². The molecule has 0 aliphatic carbocycles. The molecule has 3 rings (SSSR count). The molecular weight excluding hydrogens is 310 g/mol. The largest absolute Gasteiger partial charge is 0.389 e. The van der Waals surface area contributed by atoms with Gasteiger partial charge in [-0.1, -0.05) is 91.0 Å². The number of hydrogen-bond donors (Lipinski definition) is 2. The van der Waals surface area contributed by atoms with Gasteiger partial charge in [0, 0.05) is 6.54 Å². The zero-order valence-corrected chi connectivity index (χ0v) is 14.1. The second-order valence-corrected chi connectivity index (χ2v) is 5.98. The second-order valence-electron chi connectivity index (χ2n) is 5.98. The molecular formula is C22H23NO2. The number of benzene rings is 3. The maximum atomic E-state index is 10.0. The fourth-order valence-electron chi connectivity index (χ4n) is 3.06. The number of hydrogen-bond acceptors (Lipinski definition) is 3. The highest BCUT2D eigenvalue weighted by Crippen LogP contribution is 2.40. The minimum Gasteiger partial charge on any atom is -0.389 e. The number of aliphatic hydroxyl groups excluding tert-OH is 1. The molecule has 0 radical (unpaired) electrons. The second kappa shape index (κ2) is 8.08. The van der Waals surface area contributed by atoms with Crippen molar-refractivity contribution in [3.8, 4) is 0 Å². The van der Waals surface area contributed by atoms with Crippen molar-refractivity contribution < 1.29 is 9.84 Å². The van der Waals surface area contributed by atoms with E-state index in [1.807, 2.05) is 54.6 Å². The van der Waals surface area contributed by atoms with E-state index in [0.717, 1.165) is 16.7 Å². The summed E-state index contributed by atoms with van der Waals surface area (Å²) in [5, 5.41) is 10.0. The summed E-state index contributed by atoms with van der Waals surface area (Å²) in [6.07, 6.45) is -0.712. The maximum Gasteiger partial charge on any atom is 0.143 e. The van der Waals surface area contributed by atoms with Crippen LogP contribution in [0.4, 0.5) is 0 Å². The maximum absolute atomic E-state index is 10.0. The van der Waals surface area contributed by atoms with Crippen molar-refractivity contribution in [2.45, 2.75) is 11.7 Å². The molecule has 128 valence electrons. The van der Waals surface area contributed by atoms with Gasteiger partial charge in [-0.25, -0.2) is 0 Å². The minimum atomic E-state index is -0.806. The Hall–Kier alpha value is -2.46. The molecule has 0 fully saturated rings. The van der Waals surface area contributed by atoms with Crippen LogP contribution in [0.1, 0.15) is 16.7 Å². The Bertz CT molecular complexity index is 663. The Morgan fingerprint density at radius 1 is 0.720 bits per heavy atom. The van der Waals surface area contributed by atoms with Gasteiger partial charge in [0.1, 0.15) is 5.60 Å². The van der Waals surface area contributed by atoms with Gasteiger partial charge in [-0.15, -0.1) is 0 Å². The summed E-state index contributed by atoms with van der Waals surface area (Å²) >= 11 is 0. The number of nitrogens with two attached hydrogens (primary N) is 1. The van der Waals surface area contributed by atoms with Gasteiger partial charge in [-0.2, -0.15) is 0 Å². The van der Waals surface area contributed by atoms with E-state index < -0.39 is 11.7 Å². The monoisotopic (exact) mass is 333 g/mol. The third kappa shape index (κ3) is 3.64. The van der Waals surface area contributed by atoms with Crippen LogP contribution in [-0.4, -0.2) is 24.4 Å². The summed E-state index contributed by atoms with van der Waals surface area (Å²) in [4.78, 5) is 0. The fourth-order valence-corrected chi connectivity index (χ4v) is 3.06. The van der Waals surface area contributed by atoms with Crippen molar-refractivity contribution >= 4 is 0 Å². The van der Waals surface area contributed by atoms with E-state index in [9.17, 15) is 5.11 Å².